The Balaban J connectivity index is 0.00000300. The van der Waals surface area contributed by atoms with Crippen molar-refractivity contribution in [3.05, 3.63) is 28.8 Å². The third-order valence-corrected chi connectivity index (χ3v) is 6.39. The summed E-state index contributed by atoms with van der Waals surface area (Å²) in [5.74, 6) is 0.644. The zero-order valence-corrected chi connectivity index (χ0v) is 19.5. The maximum atomic E-state index is 13.3. The Bertz CT molecular complexity index is 942. The average Bonchev–Trinajstić information content (AvgIpc) is 3.32. The van der Waals surface area contributed by atoms with Gasteiger partial charge in [-0.1, -0.05) is 35.7 Å². The van der Waals surface area contributed by atoms with Crippen molar-refractivity contribution in [3.8, 4) is 5.75 Å². The fourth-order valence-corrected chi connectivity index (χ4v) is 4.53. The van der Waals surface area contributed by atoms with Crippen molar-refractivity contribution in [2.45, 2.75) is 27.7 Å². The van der Waals surface area contributed by atoms with Gasteiger partial charge in [0.1, 0.15) is 16.1 Å². The van der Waals surface area contributed by atoms with Gasteiger partial charge >= 0.3 is 0 Å². The molecule has 10 heteroatoms. The largest absolute Gasteiger partial charge is 0.492 e. The highest BCUT2D eigenvalue weighted by Crippen LogP contribution is 2.35. The average molecular weight is 456 g/mol. The molecule has 0 aliphatic rings. The van der Waals surface area contributed by atoms with E-state index in [1.54, 1.807) is 4.90 Å². The highest BCUT2D eigenvalue weighted by molar-refractivity contribution is 7.22. The number of likely N-dealkylation sites (N-methyl/N-ethyl adjacent to an activating group) is 1. The molecule has 0 aliphatic heterocycles. The van der Waals surface area contributed by atoms with Gasteiger partial charge in [0, 0.05) is 13.1 Å². The third-order valence-electron chi connectivity index (χ3n) is 4.53. The number of fused-ring (bicyclic) bond motifs is 1. The van der Waals surface area contributed by atoms with Gasteiger partial charge in [-0.2, -0.15) is 0 Å². The predicted molar refractivity (Wildman–Crippen MR) is 122 cm³/mol. The number of nitrogens with zero attached hydrogens (tertiary/aromatic N) is 5. The second kappa shape index (κ2) is 10.8. The summed E-state index contributed by atoms with van der Waals surface area (Å²) in [6.07, 6.45) is 0. The topological polar surface area (TPSA) is 71.5 Å². The van der Waals surface area contributed by atoms with Gasteiger partial charge < -0.3 is 9.64 Å². The predicted octanol–water partition coefficient (Wildman–Crippen LogP) is 4.27. The molecule has 0 N–H and O–H groups in total. The Labute approximate surface area is 185 Å². The van der Waals surface area contributed by atoms with E-state index in [2.05, 4.69) is 28.3 Å². The van der Waals surface area contributed by atoms with E-state index in [-0.39, 0.29) is 18.3 Å². The van der Waals surface area contributed by atoms with Gasteiger partial charge in [-0.3, -0.25) is 9.69 Å². The van der Waals surface area contributed by atoms with Gasteiger partial charge in [-0.05, 0) is 50.6 Å². The van der Waals surface area contributed by atoms with E-state index >= 15 is 0 Å². The Morgan fingerprint density at radius 3 is 2.55 bits per heavy atom. The molecule has 0 saturated carbocycles. The number of para-hydroxylation sites is 1. The Morgan fingerprint density at radius 2 is 1.93 bits per heavy atom. The summed E-state index contributed by atoms with van der Waals surface area (Å²) in [6, 6.07) is 5.87. The number of aromatic nitrogens is 3. The summed E-state index contributed by atoms with van der Waals surface area (Å²) in [5, 5.41) is 4.67. The lowest BCUT2D eigenvalue weighted by Crippen LogP contribution is -2.38. The number of thiazole rings is 1. The maximum absolute atomic E-state index is 13.3. The fourth-order valence-electron chi connectivity index (χ4n) is 2.91. The molecule has 0 radical (unpaired) electrons. The minimum atomic E-state index is -0.100. The molecule has 29 heavy (non-hydrogen) atoms. The summed E-state index contributed by atoms with van der Waals surface area (Å²) >= 11 is 2.63. The minimum Gasteiger partial charge on any atom is -0.492 e. The van der Waals surface area contributed by atoms with Gasteiger partial charge in [-0.15, -0.1) is 17.5 Å². The number of rotatable bonds is 9. The molecule has 7 nitrogen and oxygen atoms in total. The zero-order chi connectivity index (χ0) is 20.1. The summed E-state index contributed by atoms with van der Waals surface area (Å²) in [6.45, 7) is 11.8. The van der Waals surface area contributed by atoms with Crippen LogP contribution in [0.2, 0.25) is 0 Å². The van der Waals surface area contributed by atoms with Crippen LogP contribution in [0.5, 0.6) is 5.75 Å². The number of hydrogen-bond acceptors (Lipinski definition) is 8. The van der Waals surface area contributed by atoms with Gasteiger partial charge in [0.15, 0.2) is 5.13 Å². The van der Waals surface area contributed by atoms with Crippen LogP contribution in [-0.4, -0.2) is 58.2 Å². The highest BCUT2D eigenvalue weighted by Gasteiger charge is 2.25. The minimum absolute atomic E-state index is 0. The standard InChI is InChI=1S/C19H25N5O2S2.ClH/c1-5-23(6-2)11-12-24(18(25)17-13(4)21-22-28-17)19-20-16-14(26-7-3)9-8-10-15(16)27-19;/h8-10H,5-7,11-12H2,1-4H3;1H. The van der Waals surface area contributed by atoms with Gasteiger partial charge in [-0.25, -0.2) is 4.98 Å². The highest BCUT2D eigenvalue weighted by atomic mass is 35.5. The van der Waals surface area contributed by atoms with Crippen molar-refractivity contribution in [1.82, 2.24) is 19.5 Å². The molecule has 3 rings (SSSR count). The van der Waals surface area contributed by atoms with Crippen LogP contribution in [0.1, 0.15) is 36.1 Å². The first-order chi connectivity index (χ1) is 13.6. The Morgan fingerprint density at radius 1 is 1.17 bits per heavy atom. The maximum Gasteiger partial charge on any atom is 0.273 e. The number of aryl methyl sites for hydroxylation is 1. The SMILES string of the molecule is CCOc1cccc2sc(N(CCN(CC)CC)C(=O)c3snnc3C)nc12.Cl. The van der Waals surface area contributed by atoms with Gasteiger partial charge in [0.25, 0.3) is 5.91 Å². The summed E-state index contributed by atoms with van der Waals surface area (Å²) in [4.78, 5) is 22.6. The lowest BCUT2D eigenvalue weighted by atomic mass is 10.3. The molecule has 2 aromatic heterocycles. The number of carbonyl (C=O) groups is 1. The molecule has 2 heterocycles. The summed E-state index contributed by atoms with van der Waals surface area (Å²) in [7, 11) is 0. The number of amides is 1. The summed E-state index contributed by atoms with van der Waals surface area (Å²) in [5.41, 5.74) is 1.45. The molecule has 0 bridgehead atoms. The molecule has 0 atom stereocenters. The summed E-state index contributed by atoms with van der Waals surface area (Å²) < 4.78 is 10.6. The van der Waals surface area contributed by atoms with E-state index in [1.165, 1.54) is 11.3 Å². The van der Waals surface area contributed by atoms with Crippen molar-refractivity contribution in [2.75, 3.05) is 37.7 Å². The number of benzene rings is 1. The molecular weight excluding hydrogens is 430 g/mol. The van der Waals surface area contributed by atoms with Crippen LogP contribution in [0.15, 0.2) is 18.2 Å². The van der Waals surface area contributed by atoms with Gasteiger partial charge in [0.2, 0.25) is 0 Å². The van der Waals surface area contributed by atoms with Gasteiger partial charge in [0.05, 0.1) is 17.0 Å². The van der Waals surface area contributed by atoms with Crippen LogP contribution in [0.3, 0.4) is 0 Å². The first-order valence-electron chi connectivity index (χ1n) is 9.44. The molecule has 0 fully saturated rings. The quantitative estimate of drug-likeness (QED) is 0.480. The number of ether oxygens (including phenoxy) is 1. The van der Waals surface area contributed by atoms with Crippen LogP contribution < -0.4 is 9.64 Å². The van der Waals surface area contributed by atoms with E-state index in [1.807, 2.05) is 32.0 Å². The fraction of sp³-hybridized carbons (Fsp3) is 0.474. The molecule has 158 valence electrons. The van der Waals surface area contributed by atoms with Crippen LogP contribution in [-0.2, 0) is 0 Å². The van der Waals surface area contributed by atoms with E-state index in [0.29, 0.717) is 28.9 Å². The zero-order valence-electron chi connectivity index (χ0n) is 17.0. The molecule has 0 unspecified atom stereocenters. The van der Waals surface area contributed by atoms with Crippen molar-refractivity contribution in [3.63, 3.8) is 0 Å². The number of hydrogen-bond donors (Lipinski definition) is 0. The molecule has 3 aromatic rings. The van der Waals surface area contributed by atoms with Crippen LogP contribution in [0, 0.1) is 6.92 Å². The Hall–Kier alpha value is -1.81. The molecule has 0 saturated heterocycles. The van der Waals surface area contributed by atoms with Crippen LogP contribution in [0.25, 0.3) is 10.2 Å². The monoisotopic (exact) mass is 455 g/mol. The molecule has 0 aliphatic carbocycles. The molecular formula is C19H26ClN5O2S2. The number of halogens is 1. The normalized spacial score (nSPS) is 10.9. The number of anilines is 1. The lowest BCUT2D eigenvalue weighted by Gasteiger charge is -2.24. The van der Waals surface area contributed by atoms with E-state index < -0.39 is 0 Å². The Kier molecular flexibility index (Phi) is 8.76. The second-order valence-corrected chi connectivity index (χ2v) is 7.97. The second-order valence-electron chi connectivity index (χ2n) is 6.20. The van der Waals surface area contributed by atoms with Crippen molar-refractivity contribution in [2.24, 2.45) is 0 Å². The smallest absolute Gasteiger partial charge is 0.273 e. The third kappa shape index (κ3) is 5.22. The first kappa shape index (κ1) is 23.5. The van der Waals surface area contributed by atoms with E-state index in [9.17, 15) is 4.79 Å². The molecule has 1 amide bonds. The number of carbonyl (C=O) groups excluding carboxylic acids is 1. The first-order valence-corrected chi connectivity index (χ1v) is 11.0. The lowest BCUT2D eigenvalue weighted by molar-refractivity contribution is 0.0987. The van der Waals surface area contributed by atoms with Crippen molar-refractivity contribution in [1.29, 1.82) is 0 Å². The van der Waals surface area contributed by atoms with E-state index in [0.717, 1.165) is 47.1 Å². The van der Waals surface area contributed by atoms with Crippen molar-refractivity contribution < 1.29 is 9.53 Å². The van der Waals surface area contributed by atoms with Crippen molar-refractivity contribution >= 4 is 56.5 Å². The van der Waals surface area contributed by atoms with E-state index in [4.69, 9.17) is 9.72 Å². The molecule has 0 spiro atoms. The molecule has 1 aromatic carbocycles. The van der Waals surface area contributed by atoms with Crippen LogP contribution in [0.4, 0.5) is 5.13 Å². The van der Waals surface area contributed by atoms with Crippen LogP contribution >= 0.6 is 35.3 Å².